The molecule has 0 aliphatic carbocycles. The van der Waals surface area contributed by atoms with E-state index in [4.69, 9.17) is 9.47 Å². The summed E-state index contributed by atoms with van der Waals surface area (Å²) in [4.78, 5) is 15.6. The third-order valence-corrected chi connectivity index (χ3v) is 5.95. The van der Waals surface area contributed by atoms with Crippen LogP contribution >= 0.6 is 11.3 Å². The van der Waals surface area contributed by atoms with E-state index in [1.54, 1.807) is 24.8 Å². The van der Waals surface area contributed by atoms with Crippen LogP contribution in [0.4, 0.5) is 17.2 Å². The fourth-order valence-electron chi connectivity index (χ4n) is 3.58. The zero-order chi connectivity index (χ0) is 20.3. The summed E-state index contributed by atoms with van der Waals surface area (Å²) in [7, 11) is 1.68. The van der Waals surface area contributed by atoms with Crippen molar-refractivity contribution in [1.29, 1.82) is 0 Å². The molecule has 1 saturated heterocycles. The van der Waals surface area contributed by atoms with Crippen LogP contribution in [0.1, 0.15) is 0 Å². The maximum absolute atomic E-state index is 5.67. The number of hydrogen-bond donors (Lipinski definition) is 1. The topological polar surface area (TPSA) is 72.4 Å². The highest BCUT2D eigenvalue weighted by Crippen LogP contribution is 2.34. The largest absolute Gasteiger partial charge is 0.494 e. The zero-order valence-corrected chi connectivity index (χ0v) is 17.4. The Morgan fingerprint density at radius 1 is 1.07 bits per heavy atom. The molecule has 4 aromatic rings. The van der Waals surface area contributed by atoms with E-state index in [9.17, 15) is 0 Å². The van der Waals surface area contributed by atoms with Gasteiger partial charge in [0.15, 0.2) is 0 Å². The van der Waals surface area contributed by atoms with Gasteiger partial charge in [-0.2, -0.15) is 0 Å². The number of fused-ring (bicyclic) bond motifs is 1. The Balaban J connectivity index is 1.49. The van der Waals surface area contributed by atoms with Gasteiger partial charge in [0.2, 0.25) is 0 Å². The predicted molar refractivity (Wildman–Crippen MR) is 120 cm³/mol. The number of thiazole rings is 1. The molecule has 5 rings (SSSR count). The maximum Gasteiger partial charge on any atom is 0.144 e. The predicted octanol–water partition coefficient (Wildman–Crippen LogP) is 4.34. The fourth-order valence-corrected chi connectivity index (χ4v) is 4.22. The summed E-state index contributed by atoms with van der Waals surface area (Å²) in [5.74, 6) is 1.50. The maximum atomic E-state index is 5.67. The van der Waals surface area contributed by atoms with Crippen molar-refractivity contribution >= 4 is 39.4 Å². The van der Waals surface area contributed by atoms with Gasteiger partial charge in [-0.25, -0.2) is 15.0 Å². The first kappa shape index (κ1) is 18.8. The smallest absolute Gasteiger partial charge is 0.144 e. The van der Waals surface area contributed by atoms with Crippen molar-refractivity contribution in [3.05, 3.63) is 54.3 Å². The number of morpholine rings is 1. The van der Waals surface area contributed by atoms with Crippen LogP contribution in [0.15, 0.2) is 54.3 Å². The van der Waals surface area contributed by atoms with Crippen LogP contribution in [-0.4, -0.2) is 48.4 Å². The number of hydrogen-bond acceptors (Lipinski definition) is 8. The van der Waals surface area contributed by atoms with E-state index < -0.39 is 0 Å². The van der Waals surface area contributed by atoms with Crippen molar-refractivity contribution in [2.75, 3.05) is 43.6 Å². The van der Waals surface area contributed by atoms with E-state index >= 15 is 0 Å². The Morgan fingerprint density at radius 3 is 2.77 bits per heavy atom. The molecule has 0 spiro atoms. The molecule has 3 heterocycles. The van der Waals surface area contributed by atoms with Gasteiger partial charge in [0.1, 0.15) is 22.9 Å². The van der Waals surface area contributed by atoms with Gasteiger partial charge in [-0.3, -0.25) is 0 Å². The number of nitrogens with one attached hydrogen (secondary N) is 1. The Labute approximate surface area is 178 Å². The second-order valence-corrected chi connectivity index (χ2v) is 7.80. The summed E-state index contributed by atoms with van der Waals surface area (Å²) >= 11 is 1.61. The van der Waals surface area contributed by atoms with E-state index in [0.29, 0.717) is 0 Å². The van der Waals surface area contributed by atoms with E-state index in [0.717, 1.165) is 70.7 Å². The molecule has 1 N–H and O–H groups in total. The van der Waals surface area contributed by atoms with Crippen molar-refractivity contribution in [2.45, 2.75) is 0 Å². The summed E-state index contributed by atoms with van der Waals surface area (Å²) in [6.07, 6.45) is 3.38. The Bertz CT molecular complexity index is 1160. The number of aromatic nitrogens is 3. The van der Waals surface area contributed by atoms with E-state index in [1.165, 1.54) is 0 Å². The molecular formula is C22H21N5O2S. The highest BCUT2D eigenvalue weighted by atomic mass is 32.1. The van der Waals surface area contributed by atoms with Crippen molar-refractivity contribution in [3.63, 3.8) is 0 Å². The Hall–Kier alpha value is -3.23. The van der Waals surface area contributed by atoms with E-state index in [2.05, 4.69) is 43.4 Å². The van der Waals surface area contributed by atoms with Crippen LogP contribution in [0.2, 0.25) is 0 Å². The molecule has 2 aromatic heterocycles. The number of benzene rings is 2. The van der Waals surface area contributed by atoms with Gasteiger partial charge < -0.3 is 19.7 Å². The lowest BCUT2D eigenvalue weighted by Gasteiger charge is -2.29. The van der Waals surface area contributed by atoms with Crippen molar-refractivity contribution in [3.8, 4) is 16.3 Å². The van der Waals surface area contributed by atoms with Gasteiger partial charge in [0, 0.05) is 47.4 Å². The summed E-state index contributed by atoms with van der Waals surface area (Å²) in [6.45, 7) is 3.26. The number of ether oxygens (including phenoxy) is 2. The lowest BCUT2D eigenvalue weighted by atomic mass is 10.1. The quantitative estimate of drug-likeness (QED) is 0.516. The second-order valence-electron chi connectivity index (χ2n) is 6.90. The van der Waals surface area contributed by atoms with Gasteiger partial charge >= 0.3 is 0 Å². The van der Waals surface area contributed by atoms with Crippen LogP contribution in [0.25, 0.3) is 21.5 Å². The molecule has 8 heteroatoms. The van der Waals surface area contributed by atoms with E-state index in [1.807, 2.05) is 29.8 Å². The standard InChI is InChI=1S/C22H21N5O2S/c1-28-20-13-16(27-7-9-29-10-8-27)3-5-19(20)26-21-17-12-15(22-23-6-11-30-22)2-4-18(17)24-14-25-21/h2-6,11-14H,7-10H2,1H3,(H,24,25,26). The molecule has 0 amide bonds. The summed E-state index contributed by atoms with van der Waals surface area (Å²) in [5.41, 5.74) is 3.90. The Kier molecular flexibility index (Phi) is 5.17. The molecule has 7 nitrogen and oxygen atoms in total. The number of methoxy groups -OCH3 is 1. The molecular weight excluding hydrogens is 398 g/mol. The lowest BCUT2D eigenvalue weighted by molar-refractivity contribution is 0.122. The molecule has 152 valence electrons. The van der Waals surface area contributed by atoms with Crippen molar-refractivity contribution in [2.24, 2.45) is 0 Å². The minimum absolute atomic E-state index is 0.732. The second kappa shape index (κ2) is 8.25. The first-order chi connectivity index (χ1) is 14.8. The van der Waals surface area contributed by atoms with Gasteiger partial charge in [0.25, 0.3) is 0 Å². The number of nitrogens with zero attached hydrogens (tertiary/aromatic N) is 4. The van der Waals surface area contributed by atoms with Gasteiger partial charge in [-0.15, -0.1) is 11.3 Å². The minimum atomic E-state index is 0.732. The molecule has 1 aliphatic heterocycles. The molecule has 0 bridgehead atoms. The fraction of sp³-hybridized carbons (Fsp3) is 0.227. The zero-order valence-electron chi connectivity index (χ0n) is 16.5. The average Bonchev–Trinajstić information content (AvgIpc) is 3.35. The van der Waals surface area contributed by atoms with Crippen molar-refractivity contribution in [1.82, 2.24) is 15.0 Å². The molecule has 0 radical (unpaired) electrons. The van der Waals surface area contributed by atoms with Crippen molar-refractivity contribution < 1.29 is 9.47 Å². The van der Waals surface area contributed by atoms with Crippen LogP contribution in [0.5, 0.6) is 5.75 Å². The molecule has 1 fully saturated rings. The first-order valence-electron chi connectivity index (χ1n) is 9.74. The van der Waals surface area contributed by atoms with Crippen LogP contribution in [0, 0.1) is 0 Å². The van der Waals surface area contributed by atoms with Crippen LogP contribution in [-0.2, 0) is 4.74 Å². The molecule has 0 unspecified atom stereocenters. The summed E-state index contributed by atoms with van der Waals surface area (Å²) in [5, 5.41) is 7.31. The molecule has 0 saturated carbocycles. The normalized spacial score (nSPS) is 14.1. The minimum Gasteiger partial charge on any atom is -0.494 e. The summed E-state index contributed by atoms with van der Waals surface area (Å²) < 4.78 is 11.1. The average molecular weight is 420 g/mol. The number of anilines is 3. The summed E-state index contributed by atoms with van der Waals surface area (Å²) in [6, 6.07) is 12.3. The van der Waals surface area contributed by atoms with Gasteiger partial charge in [0.05, 0.1) is 31.5 Å². The Morgan fingerprint density at radius 2 is 1.97 bits per heavy atom. The lowest BCUT2D eigenvalue weighted by Crippen LogP contribution is -2.36. The highest BCUT2D eigenvalue weighted by molar-refractivity contribution is 7.13. The number of rotatable bonds is 5. The van der Waals surface area contributed by atoms with E-state index in [-0.39, 0.29) is 0 Å². The van der Waals surface area contributed by atoms with Gasteiger partial charge in [-0.05, 0) is 30.3 Å². The highest BCUT2D eigenvalue weighted by Gasteiger charge is 2.15. The van der Waals surface area contributed by atoms with Crippen LogP contribution in [0.3, 0.4) is 0 Å². The third-order valence-electron chi connectivity index (χ3n) is 5.13. The SMILES string of the molecule is COc1cc(N2CCOCC2)ccc1Nc1ncnc2ccc(-c3nccs3)cc12. The molecule has 1 aliphatic rings. The van der Waals surface area contributed by atoms with Gasteiger partial charge in [-0.1, -0.05) is 0 Å². The molecule has 0 atom stereocenters. The van der Waals surface area contributed by atoms with Crippen LogP contribution < -0.4 is 15.0 Å². The molecule has 30 heavy (non-hydrogen) atoms. The first-order valence-corrected chi connectivity index (χ1v) is 10.6. The monoisotopic (exact) mass is 419 g/mol. The third kappa shape index (κ3) is 3.67. The molecule has 2 aromatic carbocycles.